The fraction of sp³-hybridized carbons (Fsp3) is 0.750. The van der Waals surface area contributed by atoms with Crippen molar-refractivity contribution < 1.29 is 10.0 Å². The van der Waals surface area contributed by atoms with Gasteiger partial charge in [-0.1, -0.05) is 0 Å². The second kappa shape index (κ2) is 5.59. The standard InChI is InChI=1S/C4H9NO2/c6-4-2-1-3-5-7/h4-5,7H,1-3H2. The van der Waals surface area contributed by atoms with Crippen LogP contribution < -0.4 is 5.48 Å². The Labute approximate surface area is 42.3 Å². The van der Waals surface area contributed by atoms with Gasteiger partial charge in [-0.15, -0.1) is 0 Å². The van der Waals surface area contributed by atoms with Crippen LogP contribution in [0.2, 0.25) is 0 Å². The second-order valence-electron chi connectivity index (χ2n) is 1.22. The van der Waals surface area contributed by atoms with Gasteiger partial charge < -0.3 is 10.0 Å². The lowest BCUT2D eigenvalue weighted by Crippen LogP contribution is -2.07. The highest BCUT2D eigenvalue weighted by molar-refractivity contribution is 5.48. The molecule has 0 aromatic heterocycles. The van der Waals surface area contributed by atoms with E-state index in [1.54, 1.807) is 0 Å². The van der Waals surface area contributed by atoms with Crippen molar-refractivity contribution in [3.8, 4) is 0 Å². The molecule has 0 fully saturated rings. The van der Waals surface area contributed by atoms with Gasteiger partial charge in [0.25, 0.3) is 0 Å². The molecular weight excluding hydrogens is 94.0 g/mol. The molecular formula is C4H9NO2. The Morgan fingerprint density at radius 1 is 1.71 bits per heavy atom. The van der Waals surface area contributed by atoms with E-state index < -0.39 is 0 Å². The van der Waals surface area contributed by atoms with E-state index in [1.807, 2.05) is 5.48 Å². The normalized spacial score (nSPS) is 8.71. The van der Waals surface area contributed by atoms with Gasteiger partial charge in [-0.25, -0.2) is 5.48 Å². The molecule has 3 heteroatoms. The average molecular weight is 103 g/mol. The van der Waals surface area contributed by atoms with E-state index >= 15 is 0 Å². The number of hydrogen-bond acceptors (Lipinski definition) is 3. The predicted octanol–water partition coefficient (Wildman–Crippen LogP) is -0.0557. The molecule has 0 spiro atoms. The lowest BCUT2D eigenvalue weighted by molar-refractivity contribution is -0.107. The van der Waals surface area contributed by atoms with E-state index in [-0.39, 0.29) is 0 Å². The molecule has 0 saturated heterocycles. The zero-order valence-corrected chi connectivity index (χ0v) is 4.05. The Bertz CT molecular complexity index is 47.0. The number of aldehydes is 1. The van der Waals surface area contributed by atoms with Gasteiger partial charge in [0.05, 0.1) is 0 Å². The summed E-state index contributed by atoms with van der Waals surface area (Å²) in [4.78, 5) is 9.57. The topological polar surface area (TPSA) is 49.3 Å². The molecule has 0 heterocycles. The lowest BCUT2D eigenvalue weighted by atomic mass is 10.3. The van der Waals surface area contributed by atoms with Crippen LogP contribution >= 0.6 is 0 Å². The van der Waals surface area contributed by atoms with Gasteiger partial charge in [0.2, 0.25) is 0 Å². The predicted molar refractivity (Wildman–Crippen MR) is 25.1 cm³/mol. The van der Waals surface area contributed by atoms with Crippen LogP contribution in [0.25, 0.3) is 0 Å². The first-order valence-corrected chi connectivity index (χ1v) is 2.22. The third kappa shape index (κ3) is 5.59. The molecule has 0 unspecified atom stereocenters. The molecule has 0 aliphatic heterocycles. The van der Waals surface area contributed by atoms with Crippen molar-refractivity contribution in [1.29, 1.82) is 0 Å². The van der Waals surface area contributed by atoms with E-state index in [1.165, 1.54) is 0 Å². The van der Waals surface area contributed by atoms with Crippen molar-refractivity contribution in [2.24, 2.45) is 0 Å². The number of rotatable bonds is 4. The van der Waals surface area contributed by atoms with E-state index in [2.05, 4.69) is 0 Å². The van der Waals surface area contributed by atoms with Gasteiger partial charge in [0, 0.05) is 13.0 Å². The number of nitrogens with one attached hydrogen (secondary N) is 1. The maximum atomic E-state index is 9.57. The van der Waals surface area contributed by atoms with Crippen molar-refractivity contribution in [1.82, 2.24) is 5.48 Å². The molecule has 0 radical (unpaired) electrons. The highest BCUT2D eigenvalue weighted by atomic mass is 16.5. The molecule has 7 heavy (non-hydrogen) atoms. The van der Waals surface area contributed by atoms with Crippen molar-refractivity contribution in [2.75, 3.05) is 6.54 Å². The SMILES string of the molecule is O=CCCCNO. The Morgan fingerprint density at radius 3 is 2.86 bits per heavy atom. The van der Waals surface area contributed by atoms with Crippen LogP contribution in [0.3, 0.4) is 0 Å². The Balaban J connectivity index is 2.56. The highest BCUT2D eigenvalue weighted by Gasteiger charge is 1.79. The summed E-state index contributed by atoms with van der Waals surface area (Å²) in [6.45, 7) is 0.499. The Morgan fingerprint density at radius 2 is 2.43 bits per heavy atom. The fourth-order valence-corrected chi connectivity index (χ4v) is 0.264. The van der Waals surface area contributed by atoms with Crippen molar-refractivity contribution in [3.63, 3.8) is 0 Å². The second-order valence-corrected chi connectivity index (χ2v) is 1.22. The molecule has 0 aliphatic carbocycles. The molecule has 0 aliphatic rings. The molecule has 0 aromatic carbocycles. The van der Waals surface area contributed by atoms with Crippen LogP contribution in [-0.4, -0.2) is 18.0 Å². The van der Waals surface area contributed by atoms with Crippen LogP contribution in [0.4, 0.5) is 0 Å². The van der Waals surface area contributed by atoms with Gasteiger partial charge in [0.15, 0.2) is 0 Å². The lowest BCUT2D eigenvalue weighted by Gasteiger charge is -1.88. The molecule has 0 bridgehead atoms. The summed E-state index contributed by atoms with van der Waals surface area (Å²) in [5.41, 5.74) is 1.94. The molecule has 42 valence electrons. The fourth-order valence-electron chi connectivity index (χ4n) is 0.264. The van der Waals surface area contributed by atoms with Crippen LogP contribution in [0.15, 0.2) is 0 Å². The molecule has 2 N–H and O–H groups in total. The molecule has 0 aromatic rings. The Kier molecular flexibility index (Phi) is 5.26. The summed E-state index contributed by atoms with van der Waals surface area (Å²) in [5, 5.41) is 7.93. The van der Waals surface area contributed by atoms with Gasteiger partial charge in [0.1, 0.15) is 6.29 Å². The first-order valence-electron chi connectivity index (χ1n) is 2.22. The van der Waals surface area contributed by atoms with E-state index in [0.717, 1.165) is 6.29 Å². The van der Waals surface area contributed by atoms with Crippen molar-refractivity contribution >= 4 is 6.29 Å². The minimum atomic E-state index is 0.499. The van der Waals surface area contributed by atoms with E-state index in [0.29, 0.717) is 19.4 Å². The van der Waals surface area contributed by atoms with Crippen LogP contribution in [0.5, 0.6) is 0 Å². The van der Waals surface area contributed by atoms with Crippen LogP contribution in [0, 0.1) is 0 Å². The summed E-state index contributed by atoms with van der Waals surface area (Å²) in [7, 11) is 0. The number of hydrogen-bond donors (Lipinski definition) is 2. The summed E-state index contributed by atoms with van der Waals surface area (Å²) >= 11 is 0. The molecule has 0 saturated carbocycles. The summed E-state index contributed by atoms with van der Waals surface area (Å²) in [6.07, 6.45) is 2.06. The minimum absolute atomic E-state index is 0.499. The van der Waals surface area contributed by atoms with Gasteiger partial charge in [-0.3, -0.25) is 0 Å². The van der Waals surface area contributed by atoms with E-state index in [9.17, 15) is 4.79 Å². The first-order chi connectivity index (χ1) is 3.41. The maximum absolute atomic E-state index is 9.57. The average Bonchev–Trinajstić information content (AvgIpc) is 1.69. The number of unbranched alkanes of at least 4 members (excludes halogenated alkanes) is 1. The number of hydroxylamine groups is 1. The third-order valence-corrected chi connectivity index (χ3v) is 0.611. The van der Waals surface area contributed by atoms with Crippen LogP contribution in [0.1, 0.15) is 12.8 Å². The summed E-state index contributed by atoms with van der Waals surface area (Å²) in [6, 6.07) is 0. The Hall–Kier alpha value is -0.410. The zero-order valence-electron chi connectivity index (χ0n) is 4.05. The number of carbonyl (C=O) groups excluding carboxylic acids is 1. The zero-order chi connectivity index (χ0) is 5.54. The quantitative estimate of drug-likeness (QED) is 0.298. The first kappa shape index (κ1) is 6.59. The molecule has 0 rings (SSSR count). The van der Waals surface area contributed by atoms with Gasteiger partial charge in [-0.2, -0.15) is 0 Å². The van der Waals surface area contributed by atoms with Gasteiger partial charge in [-0.05, 0) is 6.42 Å². The monoisotopic (exact) mass is 103 g/mol. The van der Waals surface area contributed by atoms with Gasteiger partial charge >= 0.3 is 0 Å². The molecule has 0 amide bonds. The van der Waals surface area contributed by atoms with Crippen LogP contribution in [-0.2, 0) is 4.79 Å². The maximum Gasteiger partial charge on any atom is 0.120 e. The highest BCUT2D eigenvalue weighted by Crippen LogP contribution is 1.77. The smallest absolute Gasteiger partial charge is 0.120 e. The van der Waals surface area contributed by atoms with Crippen molar-refractivity contribution in [3.05, 3.63) is 0 Å². The van der Waals surface area contributed by atoms with Crippen molar-refractivity contribution in [2.45, 2.75) is 12.8 Å². The third-order valence-electron chi connectivity index (χ3n) is 0.611. The van der Waals surface area contributed by atoms with E-state index in [4.69, 9.17) is 5.21 Å². The molecule has 3 nitrogen and oxygen atoms in total. The summed E-state index contributed by atoms with van der Waals surface area (Å²) < 4.78 is 0. The summed E-state index contributed by atoms with van der Waals surface area (Å²) in [5.74, 6) is 0. The largest absolute Gasteiger partial charge is 0.317 e. The molecule has 0 atom stereocenters. The number of carbonyl (C=O) groups is 1. The minimum Gasteiger partial charge on any atom is -0.317 e.